The van der Waals surface area contributed by atoms with Gasteiger partial charge in [-0.05, 0) is 59.3 Å². The molecule has 14 heteroatoms. The number of esters is 1. The lowest BCUT2D eigenvalue weighted by atomic mass is 10.0. The zero-order chi connectivity index (χ0) is 30.9. The van der Waals surface area contributed by atoms with Gasteiger partial charge in [0.15, 0.2) is 0 Å². The van der Waals surface area contributed by atoms with E-state index in [1.807, 2.05) is 12.2 Å². The van der Waals surface area contributed by atoms with Gasteiger partial charge in [-0.2, -0.15) is 0 Å². The number of hydrogen-bond acceptors (Lipinski definition) is 9. The molecular weight excluding hydrogens is 568 g/mol. The van der Waals surface area contributed by atoms with Crippen LogP contribution >= 0.6 is 0 Å². The highest BCUT2D eigenvalue weighted by atomic mass is 32.2. The van der Waals surface area contributed by atoms with Gasteiger partial charge >= 0.3 is 12.1 Å². The summed E-state index contributed by atoms with van der Waals surface area (Å²) in [6.45, 7) is 6.26. The summed E-state index contributed by atoms with van der Waals surface area (Å²) in [5.74, 6) is -3.01. The maximum absolute atomic E-state index is 13.9. The Labute approximate surface area is 246 Å². The minimum absolute atomic E-state index is 0.0190. The van der Waals surface area contributed by atoms with Crippen LogP contribution in [0.2, 0.25) is 0 Å². The first-order chi connectivity index (χ1) is 19.6. The molecule has 3 N–H and O–H groups in total. The molecule has 234 valence electrons. The van der Waals surface area contributed by atoms with E-state index in [-0.39, 0.29) is 19.4 Å². The first-order valence-electron chi connectivity index (χ1n) is 14.6. The van der Waals surface area contributed by atoms with Gasteiger partial charge in [0.1, 0.15) is 29.3 Å². The van der Waals surface area contributed by atoms with Gasteiger partial charge in [-0.25, -0.2) is 13.2 Å². The Bertz CT molecular complexity index is 1240. The van der Waals surface area contributed by atoms with E-state index in [9.17, 15) is 32.4 Å². The normalized spacial score (nSPS) is 31.3. The SMILES string of the molecule is CC(=O)O[C@@H]1C[C@H]2C(=O)N[C@]3(C(=O)NS(=O)(=O)C4CC4)C[C@@H]3/C=C\CCCCC[C@H](NC(=O)OC(C)(C)C)C(=O)N2C1. The molecule has 4 amide bonds. The number of nitrogens with zero attached hydrogens (tertiary/aromatic N) is 1. The maximum Gasteiger partial charge on any atom is 0.408 e. The number of allylic oxidation sites excluding steroid dienone is 1. The molecule has 4 aliphatic rings. The third-order valence-electron chi connectivity index (χ3n) is 7.87. The predicted octanol–water partition coefficient (Wildman–Crippen LogP) is 1.42. The first kappa shape index (κ1) is 31.8. The largest absolute Gasteiger partial charge is 0.461 e. The number of carbonyl (C=O) groups excluding carboxylic acids is 5. The highest BCUT2D eigenvalue weighted by Gasteiger charge is 2.62. The highest BCUT2D eigenvalue weighted by molar-refractivity contribution is 7.91. The lowest BCUT2D eigenvalue weighted by Gasteiger charge is -2.30. The molecule has 3 fully saturated rings. The fourth-order valence-electron chi connectivity index (χ4n) is 5.53. The van der Waals surface area contributed by atoms with Crippen molar-refractivity contribution < 1.29 is 41.9 Å². The Morgan fingerprint density at radius 3 is 2.45 bits per heavy atom. The summed E-state index contributed by atoms with van der Waals surface area (Å²) < 4.78 is 38.0. The van der Waals surface area contributed by atoms with Gasteiger partial charge in [-0.3, -0.25) is 23.9 Å². The van der Waals surface area contributed by atoms with E-state index >= 15 is 0 Å². The summed E-state index contributed by atoms with van der Waals surface area (Å²) in [5.41, 5.74) is -2.28. The molecular formula is C28H42N4O9S. The van der Waals surface area contributed by atoms with Crippen molar-refractivity contribution in [3.8, 4) is 0 Å². The van der Waals surface area contributed by atoms with Crippen molar-refractivity contribution in [1.29, 1.82) is 0 Å². The van der Waals surface area contributed by atoms with Crippen molar-refractivity contribution in [2.45, 2.75) is 120 Å². The number of ether oxygens (including phenoxy) is 2. The fourth-order valence-corrected chi connectivity index (χ4v) is 6.90. The Balaban J connectivity index is 1.61. The summed E-state index contributed by atoms with van der Waals surface area (Å²) >= 11 is 0. The number of hydrogen-bond donors (Lipinski definition) is 3. The van der Waals surface area contributed by atoms with Gasteiger partial charge in [-0.1, -0.05) is 25.0 Å². The molecule has 5 atom stereocenters. The molecule has 0 bridgehead atoms. The van der Waals surface area contributed by atoms with Crippen LogP contribution in [0.1, 0.15) is 85.5 Å². The Hall–Kier alpha value is -3.16. The summed E-state index contributed by atoms with van der Waals surface area (Å²) in [4.78, 5) is 66.6. The molecule has 2 saturated carbocycles. The van der Waals surface area contributed by atoms with Crippen molar-refractivity contribution in [2.75, 3.05) is 6.54 Å². The molecule has 0 radical (unpaired) electrons. The van der Waals surface area contributed by atoms with E-state index in [2.05, 4.69) is 15.4 Å². The number of sulfonamides is 1. The van der Waals surface area contributed by atoms with Crippen molar-refractivity contribution in [3.63, 3.8) is 0 Å². The summed E-state index contributed by atoms with van der Waals surface area (Å²) in [7, 11) is -3.86. The molecule has 0 aromatic rings. The van der Waals surface area contributed by atoms with Crippen molar-refractivity contribution in [3.05, 3.63) is 12.2 Å². The minimum Gasteiger partial charge on any atom is -0.461 e. The number of carbonyl (C=O) groups is 5. The average molecular weight is 611 g/mol. The standard InChI is InChI=1S/C28H42N4O9S/c1-17(33)40-19-14-22-23(34)30-28(25(36)31-42(38,39)20-12-13-20)15-18(28)10-8-6-5-7-9-11-21(24(35)32(22)16-19)29-26(37)41-27(2,3)4/h8,10,18-22H,5-7,9,11-16H2,1-4H3,(H,29,37)(H,30,34)(H,31,36)/b10-8-/t18-,19+,21-,22-,28+/m0/s1. The smallest absolute Gasteiger partial charge is 0.408 e. The van der Waals surface area contributed by atoms with Gasteiger partial charge < -0.3 is 25.0 Å². The molecule has 2 heterocycles. The number of rotatable bonds is 5. The number of alkyl carbamates (subject to hydrolysis) is 1. The van der Waals surface area contributed by atoms with Crippen molar-refractivity contribution >= 4 is 39.8 Å². The molecule has 13 nitrogen and oxygen atoms in total. The van der Waals surface area contributed by atoms with Crippen molar-refractivity contribution in [1.82, 2.24) is 20.3 Å². The number of amides is 4. The summed E-state index contributed by atoms with van der Waals surface area (Å²) in [6, 6.07) is -2.12. The molecule has 0 aromatic heterocycles. The van der Waals surface area contributed by atoms with Crippen molar-refractivity contribution in [2.24, 2.45) is 5.92 Å². The topological polar surface area (TPSA) is 177 Å². The molecule has 4 rings (SSSR count). The van der Waals surface area contributed by atoms with Crippen LogP contribution in [0.5, 0.6) is 0 Å². The van der Waals surface area contributed by atoms with Crippen LogP contribution in [0, 0.1) is 5.92 Å². The van der Waals surface area contributed by atoms with E-state index in [0.717, 1.165) is 12.8 Å². The molecule has 0 spiro atoms. The first-order valence-corrected chi connectivity index (χ1v) is 16.2. The monoisotopic (exact) mass is 610 g/mol. The number of nitrogens with one attached hydrogen (secondary N) is 3. The molecule has 1 saturated heterocycles. The van der Waals surface area contributed by atoms with Crippen LogP contribution in [0.15, 0.2) is 12.2 Å². The molecule has 2 aliphatic carbocycles. The van der Waals surface area contributed by atoms with Crippen LogP contribution in [0.25, 0.3) is 0 Å². The Morgan fingerprint density at radius 2 is 1.81 bits per heavy atom. The lowest BCUT2D eigenvalue weighted by Crippen LogP contribution is -2.58. The Kier molecular flexibility index (Phi) is 9.24. The van der Waals surface area contributed by atoms with E-state index in [0.29, 0.717) is 32.1 Å². The van der Waals surface area contributed by atoms with Crippen LogP contribution in [0.4, 0.5) is 4.79 Å². The maximum atomic E-state index is 13.9. The quantitative estimate of drug-likeness (QED) is 0.307. The van der Waals surface area contributed by atoms with Crippen LogP contribution in [0.3, 0.4) is 0 Å². The second-order valence-electron chi connectivity index (χ2n) is 12.7. The van der Waals surface area contributed by atoms with E-state index < -0.39 is 80.3 Å². The van der Waals surface area contributed by atoms with Crippen LogP contribution in [-0.4, -0.2) is 84.2 Å². The average Bonchev–Trinajstić information content (AvgIpc) is 3.78. The van der Waals surface area contributed by atoms with E-state index in [4.69, 9.17) is 9.47 Å². The van der Waals surface area contributed by atoms with Gasteiger partial charge in [0.25, 0.3) is 5.91 Å². The van der Waals surface area contributed by atoms with Crippen LogP contribution < -0.4 is 15.4 Å². The third kappa shape index (κ3) is 7.81. The molecule has 0 aromatic carbocycles. The zero-order valence-electron chi connectivity index (χ0n) is 24.6. The van der Waals surface area contributed by atoms with E-state index in [1.165, 1.54) is 11.8 Å². The zero-order valence-corrected chi connectivity index (χ0v) is 25.5. The highest BCUT2D eigenvalue weighted by Crippen LogP contribution is 2.46. The van der Waals surface area contributed by atoms with Gasteiger partial charge in [-0.15, -0.1) is 0 Å². The van der Waals surface area contributed by atoms with Gasteiger partial charge in [0.05, 0.1) is 11.8 Å². The number of fused-ring (bicyclic) bond motifs is 2. The minimum atomic E-state index is -3.86. The van der Waals surface area contributed by atoms with E-state index in [1.54, 1.807) is 20.8 Å². The summed E-state index contributed by atoms with van der Waals surface area (Å²) in [5, 5.41) is 4.79. The second-order valence-corrected chi connectivity index (χ2v) is 14.6. The predicted molar refractivity (Wildman–Crippen MR) is 150 cm³/mol. The molecule has 0 unspecified atom stereocenters. The summed E-state index contributed by atoms with van der Waals surface area (Å²) in [6.07, 6.45) is 6.50. The van der Waals surface area contributed by atoms with Gasteiger partial charge in [0.2, 0.25) is 21.8 Å². The van der Waals surface area contributed by atoms with Crippen LogP contribution in [-0.2, 0) is 38.7 Å². The fraction of sp³-hybridized carbons (Fsp3) is 0.750. The lowest BCUT2D eigenvalue weighted by molar-refractivity contribution is -0.146. The second kappa shape index (κ2) is 12.2. The van der Waals surface area contributed by atoms with Gasteiger partial charge in [0, 0.05) is 19.3 Å². The third-order valence-corrected chi connectivity index (χ3v) is 9.69. The molecule has 42 heavy (non-hydrogen) atoms. The molecule has 2 aliphatic heterocycles. The Morgan fingerprint density at radius 1 is 1.10 bits per heavy atom.